The van der Waals surface area contributed by atoms with Crippen LogP contribution in [0, 0.1) is 24.0 Å². The van der Waals surface area contributed by atoms with Crippen LogP contribution in [0.5, 0.6) is 0 Å². The molecule has 150 valence electrons. The lowest BCUT2D eigenvalue weighted by Crippen LogP contribution is -2.22. The smallest absolute Gasteiger partial charge is 0.269 e. The van der Waals surface area contributed by atoms with Gasteiger partial charge in [0, 0.05) is 29.5 Å². The molecule has 3 rings (SSSR count). The maximum atomic E-state index is 12.4. The number of hydrogen-bond donors (Lipinski definition) is 2. The number of nitro benzene ring substituents is 1. The number of aromatic amines is 1. The Balaban J connectivity index is 1.83. The van der Waals surface area contributed by atoms with Gasteiger partial charge in [-0.15, -0.1) is 0 Å². The van der Waals surface area contributed by atoms with Crippen LogP contribution >= 0.6 is 0 Å². The highest BCUT2D eigenvalue weighted by molar-refractivity contribution is 5.91. The van der Waals surface area contributed by atoms with Gasteiger partial charge in [0.25, 0.3) is 11.2 Å². The molecule has 0 fully saturated rings. The molecule has 0 spiro atoms. The van der Waals surface area contributed by atoms with E-state index in [4.69, 9.17) is 0 Å². The lowest BCUT2D eigenvalue weighted by molar-refractivity contribution is -0.384. The van der Waals surface area contributed by atoms with Crippen molar-refractivity contribution in [1.82, 2.24) is 19.7 Å². The zero-order chi connectivity index (χ0) is 21.1. The monoisotopic (exact) mass is 396 g/mol. The topological polar surface area (TPSA) is 136 Å². The first kappa shape index (κ1) is 19.9. The first-order valence-electron chi connectivity index (χ1n) is 8.98. The third kappa shape index (κ3) is 4.37. The largest absolute Gasteiger partial charge is 0.310 e. The van der Waals surface area contributed by atoms with Gasteiger partial charge >= 0.3 is 0 Å². The van der Waals surface area contributed by atoms with Crippen LogP contribution in [0.2, 0.25) is 0 Å². The Hall–Kier alpha value is -3.82. The molecule has 2 aromatic heterocycles. The second-order valence-corrected chi connectivity index (χ2v) is 6.54. The second-order valence-electron chi connectivity index (χ2n) is 6.54. The Morgan fingerprint density at radius 3 is 2.55 bits per heavy atom. The summed E-state index contributed by atoms with van der Waals surface area (Å²) in [6.45, 7) is 5.38. The van der Waals surface area contributed by atoms with Gasteiger partial charge in [0.05, 0.1) is 17.0 Å². The van der Waals surface area contributed by atoms with Crippen molar-refractivity contribution >= 4 is 17.4 Å². The highest BCUT2D eigenvalue weighted by Crippen LogP contribution is 2.16. The fraction of sp³-hybridized carbons (Fsp3) is 0.263. The minimum absolute atomic E-state index is 0.0277. The van der Waals surface area contributed by atoms with E-state index in [1.54, 1.807) is 19.9 Å². The van der Waals surface area contributed by atoms with E-state index in [-0.39, 0.29) is 29.5 Å². The van der Waals surface area contributed by atoms with Crippen molar-refractivity contribution in [3.63, 3.8) is 0 Å². The van der Waals surface area contributed by atoms with E-state index in [0.29, 0.717) is 34.8 Å². The number of non-ortho nitro benzene ring substituents is 1. The lowest BCUT2D eigenvalue weighted by atomic mass is 10.1. The molecule has 0 unspecified atom stereocenters. The standard InChI is InChI=1S/C19H20N6O4/c1-4-15-12(3)20-19(22-18(15)27)24-16(9-11(2)23-24)21-17(26)10-13-5-7-14(8-6-13)25(28)29/h5-9H,4,10H2,1-3H3,(H,21,26)(H,20,22,27). The van der Waals surface area contributed by atoms with Crippen LogP contribution in [0.3, 0.4) is 0 Å². The fourth-order valence-electron chi connectivity index (χ4n) is 2.97. The minimum Gasteiger partial charge on any atom is -0.310 e. The third-order valence-electron chi connectivity index (χ3n) is 4.37. The van der Waals surface area contributed by atoms with Crippen molar-refractivity contribution in [1.29, 1.82) is 0 Å². The molecule has 0 aliphatic heterocycles. The molecular weight excluding hydrogens is 376 g/mol. The molecule has 0 aliphatic carbocycles. The normalized spacial score (nSPS) is 10.7. The molecule has 10 heteroatoms. The number of anilines is 1. The van der Waals surface area contributed by atoms with E-state index in [1.165, 1.54) is 28.9 Å². The van der Waals surface area contributed by atoms with E-state index < -0.39 is 4.92 Å². The average Bonchev–Trinajstić information content (AvgIpc) is 3.01. The van der Waals surface area contributed by atoms with Crippen LogP contribution < -0.4 is 10.9 Å². The van der Waals surface area contributed by atoms with Gasteiger partial charge in [-0.3, -0.25) is 24.7 Å². The number of nitrogens with one attached hydrogen (secondary N) is 2. The molecule has 0 bridgehead atoms. The molecule has 1 aromatic carbocycles. The Morgan fingerprint density at radius 2 is 1.97 bits per heavy atom. The molecule has 1 amide bonds. The summed E-state index contributed by atoms with van der Waals surface area (Å²) >= 11 is 0. The van der Waals surface area contributed by atoms with Crippen LogP contribution in [0.15, 0.2) is 35.1 Å². The van der Waals surface area contributed by atoms with Crippen LogP contribution in [0.25, 0.3) is 5.95 Å². The van der Waals surface area contributed by atoms with Crippen molar-refractivity contribution in [3.05, 3.63) is 73.3 Å². The number of nitrogens with zero attached hydrogens (tertiary/aromatic N) is 4. The number of carbonyl (C=O) groups excluding carboxylic acids is 1. The Bertz CT molecular complexity index is 1130. The van der Waals surface area contributed by atoms with E-state index in [2.05, 4.69) is 20.4 Å². The van der Waals surface area contributed by atoms with Crippen LogP contribution in [-0.2, 0) is 17.6 Å². The minimum atomic E-state index is -0.495. The summed E-state index contributed by atoms with van der Waals surface area (Å²) in [5, 5.41) is 17.8. The van der Waals surface area contributed by atoms with E-state index in [9.17, 15) is 19.7 Å². The summed E-state index contributed by atoms with van der Waals surface area (Å²) in [4.78, 5) is 42.0. The van der Waals surface area contributed by atoms with Gasteiger partial charge in [0.2, 0.25) is 11.9 Å². The van der Waals surface area contributed by atoms with Crippen molar-refractivity contribution in [2.24, 2.45) is 0 Å². The molecule has 2 N–H and O–H groups in total. The molecular formula is C19H20N6O4. The molecule has 0 saturated heterocycles. The summed E-state index contributed by atoms with van der Waals surface area (Å²) in [7, 11) is 0. The lowest BCUT2D eigenvalue weighted by Gasteiger charge is -2.10. The molecule has 2 heterocycles. The molecule has 0 saturated carbocycles. The number of rotatable bonds is 6. The van der Waals surface area contributed by atoms with Gasteiger partial charge in [-0.1, -0.05) is 19.1 Å². The van der Waals surface area contributed by atoms with Gasteiger partial charge in [0.15, 0.2) is 0 Å². The number of benzene rings is 1. The van der Waals surface area contributed by atoms with Gasteiger partial charge in [-0.2, -0.15) is 9.78 Å². The summed E-state index contributed by atoms with van der Waals surface area (Å²) in [6, 6.07) is 7.43. The fourth-order valence-corrected chi connectivity index (χ4v) is 2.97. The van der Waals surface area contributed by atoms with Crippen molar-refractivity contribution in [3.8, 4) is 5.95 Å². The number of nitro groups is 1. The van der Waals surface area contributed by atoms with E-state index in [1.807, 2.05) is 6.92 Å². The van der Waals surface area contributed by atoms with Crippen molar-refractivity contribution in [2.75, 3.05) is 5.32 Å². The van der Waals surface area contributed by atoms with Gasteiger partial charge in [-0.25, -0.2) is 4.98 Å². The number of H-pyrrole nitrogens is 1. The van der Waals surface area contributed by atoms with E-state index >= 15 is 0 Å². The molecule has 3 aromatic rings. The van der Waals surface area contributed by atoms with E-state index in [0.717, 1.165) is 0 Å². The average molecular weight is 396 g/mol. The first-order chi connectivity index (χ1) is 13.8. The summed E-state index contributed by atoms with van der Waals surface area (Å²) in [5.41, 5.74) is 2.18. The van der Waals surface area contributed by atoms with Crippen LogP contribution in [0.1, 0.15) is 29.4 Å². The first-order valence-corrected chi connectivity index (χ1v) is 8.98. The quantitative estimate of drug-likeness (QED) is 0.484. The SMILES string of the molecule is CCc1c(C)nc(-n2nc(C)cc2NC(=O)Cc2ccc([N+](=O)[O-])cc2)[nH]c1=O. The van der Waals surface area contributed by atoms with Gasteiger partial charge in [-0.05, 0) is 25.8 Å². The highest BCUT2D eigenvalue weighted by Gasteiger charge is 2.15. The Kier molecular flexibility index (Phi) is 5.53. The number of carbonyl (C=O) groups is 1. The summed E-state index contributed by atoms with van der Waals surface area (Å²) in [6.07, 6.45) is 0.589. The molecule has 0 radical (unpaired) electrons. The van der Waals surface area contributed by atoms with Crippen molar-refractivity contribution in [2.45, 2.75) is 33.6 Å². The predicted molar refractivity (Wildman–Crippen MR) is 106 cm³/mol. The highest BCUT2D eigenvalue weighted by atomic mass is 16.6. The number of aromatic nitrogens is 4. The predicted octanol–water partition coefficient (Wildman–Crippen LogP) is 2.22. The molecule has 0 aliphatic rings. The zero-order valence-electron chi connectivity index (χ0n) is 16.2. The zero-order valence-corrected chi connectivity index (χ0v) is 16.2. The van der Waals surface area contributed by atoms with Gasteiger partial charge in [0.1, 0.15) is 5.82 Å². The maximum Gasteiger partial charge on any atom is 0.269 e. The van der Waals surface area contributed by atoms with Crippen LogP contribution in [-0.4, -0.2) is 30.6 Å². The third-order valence-corrected chi connectivity index (χ3v) is 4.37. The second kappa shape index (κ2) is 8.05. The molecule has 0 atom stereocenters. The molecule has 29 heavy (non-hydrogen) atoms. The summed E-state index contributed by atoms with van der Waals surface area (Å²) in [5.74, 6) is 0.244. The molecule has 10 nitrogen and oxygen atoms in total. The van der Waals surface area contributed by atoms with Gasteiger partial charge < -0.3 is 5.32 Å². The Labute approximate surface area is 165 Å². The number of aryl methyl sites for hydroxylation is 2. The maximum absolute atomic E-state index is 12.4. The number of hydrogen-bond acceptors (Lipinski definition) is 6. The van der Waals surface area contributed by atoms with Crippen LogP contribution in [0.4, 0.5) is 11.5 Å². The van der Waals surface area contributed by atoms with Crippen molar-refractivity contribution < 1.29 is 9.72 Å². The number of amides is 1. The Morgan fingerprint density at radius 1 is 1.28 bits per heavy atom. The summed E-state index contributed by atoms with van der Waals surface area (Å²) < 4.78 is 1.37.